The van der Waals surface area contributed by atoms with E-state index in [4.69, 9.17) is 18.9 Å². The lowest BCUT2D eigenvalue weighted by Gasteiger charge is -2.11. The van der Waals surface area contributed by atoms with Crippen LogP contribution in [0.25, 0.3) is 0 Å². The van der Waals surface area contributed by atoms with E-state index < -0.39 is 11.9 Å². The molecule has 0 atom stereocenters. The number of rotatable bonds is 15. The smallest absolute Gasteiger partial charge is 0.343 e. The van der Waals surface area contributed by atoms with E-state index in [2.05, 4.69) is 22.9 Å². The molecule has 0 saturated heterocycles. The molecule has 9 heteroatoms. The maximum atomic E-state index is 12.6. The standard InChI is InChI=1S/C33H35BrO8/c1-3-4-6-9-30(35)39-27-17-13-25(14-18-27)33(38)42-29-20-19-28(22-23(29)2)41-32(37)24-11-15-26(16-12-24)40-31(36)10-7-5-8-21-34/h11-20,22H,3-10,21H2,1-2H3. The molecule has 0 spiro atoms. The molecule has 0 aromatic heterocycles. The third-order valence-corrected chi connectivity index (χ3v) is 6.76. The molecule has 0 aliphatic carbocycles. The second-order valence-electron chi connectivity index (χ2n) is 9.66. The highest BCUT2D eigenvalue weighted by atomic mass is 79.9. The van der Waals surface area contributed by atoms with Crippen molar-refractivity contribution >= 4 is 39.8 Å². The van der Waals surface area contributed by atoms with E-state index >= 15 is 0 Å². The van der Waals surface area contributed by atoms with E-state index in [1.54, 1.807) is 43.3 Å². The summed E-state index contributed by atoms with van der Waals surface area (Å²) in [5.74, 6) is -0.473. The largest absolute Gasteiger partial charge is 0.427 e. The lowest BCUT2D eigenvalue weighted by atomic mass is 10.2. The Morgan fingerprint density at radius 2 is 1.10 bits per heavy atom. The van der Waals surface area contributed by atoms with Crippen molar-refractivity contribution in [3.8, 4) is 23.0 Å². The van der Waals surface area contributed by atoms with Gasteiger partial charge in [0.2, 0.25) is 0 Å². The summed E-state index contributed by atoms with van der Waals surface area (Å²) in [5.41, 5.74) is 1.17. The maximum Gasteiger partial charge on any atom is 0.343 e. The Morgan fingerprint density at radius 1 is 0.595 bits per heavy atom. The number of aryl methyl sites for hydroxylation is 1. The summed E-state index contributed by atoms with van der Waals surface area (Å²) >= 11 is 3.36. The normalized spacial score (nSPS) is 10.5. The monoisotopic (exact) mass is 638 g/mol. The highest BCUT2D eigenvalue weighted by molar-refractivity contribution is 9.09. The summed E-state index contributed by atoms with van der Waals surface area (Å²) < 4.78 is 21.6. The Labute approximate surface area is 254 Å². The molecule has 3 aromatic rings. The Hall–Kier alpha value is -3.98. The molecule has 0 saturated carbocycles. The number of benzene rings is 3. The minimum Gasteiger partial charge on any atom is -0.427 e. The predicted octanol–water partition coefficient (Wildman–Crippen LogP) is 7.78. The van der Waals surface area contributed by atoms with E-state index in [1.807, 2.05) is 0 Å². The van der Waals surface area contributed by atoms with E-state index in [1.165, 1.54) is 30.3 Å². The van der Waals surface area contributed by atoms with Crippen LogP contribution in [0.2, 0.25) is 0 Å². The summed E-state index contributed by atoms with van der Waals surface area (Å²) in [6.07, 6.45) is 6.17. The molecular weight excluding hydrogens is 604 g/mol. The fraction of sp³-hybridized carbons (Fsp3) is 0.333. The summed E-state index contributed by atoms with van der Waals surface area (Å²) in [4.78, 5) is 49.1. The van der Waals surface area contributed by atoms with Gasteiger partial charge in [-0.15, -0.1) is 0 Å². The molecule has 3 rings (SSSR count). The van der Waals surface area contributed by atoms with Gasteiger partial charge in [-0.05, 0) is 98.5 Å². The van der Waals surface area contributed by atoms with Crippen molar-refractivity contribution in [2.24, 2.45) is 0 Å². The van der Waals surface area contributed by atoms with Gasteiger partial charge in [0.1, 0.15) is 23.0 Å². The molecule has 0 aliphatic heterocycles. The average Bonchev–Trinajstić information content (AvgIpc) is 2.97. The van der Waals surface area contributed by atoms with Crippen LogP contribution in [0.5, 0.6) is 23.0 Å². The molecule has 0 heterocycles. The number of carbonyl (C=O) groups is 4. The Balaban J connectivity index is 1.50. The van der Waals surface area contributed by atoms with Gasteiger partial charge in [0.15, 0.2) is 0 Å². The van der Waals surface area contributed by atoms with Crippen LogP contribution in [0.1, 0.15) is 84.6 Å². The molecule has 3 aromatic carbocycles. The number of halogens is 1. The zero-order chi connectivity index (χ0) is 30.3. The molecule has 0 amide bonds. The number of hydrogen-bond donors (Lipinski definition) is 0. The van der Waals surface area contributed by atoms with Gasteiger partial charge in [-0.2, -0.15) is 0 Å². The Morgan fingerprint density at radius 3 is 1.60 bits per heavy atom. The van der Waals surface area contributed by atoms with Gasteiger partial charge in [-0.3, -0.25) is 9.59 Å². The van der Waals surface area contributed by atoms with Crippen LogP contribution in [-0.2, 0) is 9.59 Å². The number of carbonyl (C=O) groups excluding carboxylic acids is 4. The lowest BCUT2D eigenvalue weighted by molar-refractivity contribution is -0.135. The molecule has 0 radical (unpaired) electrons. The van der Waals surface area contributed by atoms with Crippen molar-refractivity contribution in [3.63, 3.8) is 0 Å². The number of unbranched alkanes of at least 4 members (excludes halogenated alkanes) is 4. The number of ether oxygens (including phenoxy) is 4. The van der Waals surface area contributed by atoms with Crippen LogP contribution < -0.4 is 18.9 Å². The van der Waals surface area contributed by atoms with E-state index in [0.29, 0.717) is 41.2 Å². The summed E-state index contributed by atoms with van der Waals surface area (Å²) in [7, 11) is 0. The Kier molecular flexibility index (Phi) is 13.2. The van der Waals surface area contributed by atoms with E-state index in [0.717, 1.165) is 43.9 Å². The number of hydrogen-bond acceptors (Lipinski definition) is 8. The van der Waals surface area contributed by atoms with Gasteiger partial charge in [0.25, 0.3) is 0 Å². The predicted molar refractivity (Wildman–Crippen MR) is 162 cm³/mol. The van der Waals surface area contributed by atoms with Crippen LogP contribution >= 0.6 is 15.9 Å². The van der Waals surface area contributed by atoms with Crippen molar-refractivity contribution in [1.29, 1.82) is 0 Å². The van der Waals surface area contributed by atoms with Gasteiger partial charge < -0.3 is 18.9 Å². The van der Waals surface area contributed by atoms with Gasteiger partial charge in [0, 0.05) is 18.2 Å². The fourth-order valence-electron chi connectivity index (χ4n) is 3.87. The molecule has 42 heavy (non-hydrogen) atoms. The minimum absolute atomic E-state index is 0.279. The highest BCUT2D eigenvalue weighted by Crippen LogP contribution is 2.26. The van der Waals surface area contributed by atoms with Gasteiger partial charge in [0.05, 0.1) is 11.1 Å². The van der Waals surface area contributed by atoms with Crippen molar-refractivity contribution in [3.05, 3.63) is 83.4 Å². The first kappa shape index (κ1) is 32.5. The summed E-state index contributed by atoms with van der Waals surface area (Å²) in [6.45, 7) is 3.79. The quantitative estimate of drug-likeness (QED) is 0.0719. The van der Waals surface area contributed by atoms with Crippen LogP contribution in [0.15, 0.2) is 66.7 Å². The summed E-state index contributed by atoms with van der Waals surface area (Å²) in [5, 5.41) is 0.910. The van der Waals surface area contributed by atoms with Crippen LogP contribution in [0.4, 0.5) is 0 Å². The first-order chi connectivity index (χ1) is 20.3. The lowest BCUT2D eigenvalue weighted by Crippen LogP contribution is -2.11. The number of esters is 4. The SMILES string of the molecule is CCCCCC(=O)Oc1ccc(C(=O)Oc2ccc(OC(=O)c3ccc(OC(=O)CCCCCBr)cc3)cc2C)cc1. The zero-order valence-electron chi connectivity index (χ0n) is 23.9. The minimum atomic E-state index is -0.585. The molecule has 8 nitrogen and oxygen atoms in total. The molecular formula is C33H35BrO8. The molecule has 0 aliphatic rings. The highest BCUT2D eigenvalue weighted by Gasteiger charge is 2.15. The van der Waals surface area contributed by atoms with Gasteiger partial charge >= 0.3 is 23.9 Å². The topological polar surface area (TPSA) is 105 Å². The summed E-state index contributed by atoms with van der Waals surface area (Å²) in [6, 6.07) is 17.0. The fourth-order valence-corrected chi connectivity index (χ4v) is 4.26. The van der Waals surface area contributed by atoms with Crippen LogP contribution in [-0.4, -0.2) is 29.2 Å². The molecule has 0 N–H and O–H groups in total. The van der Waals surface area contributed by atoms with E-state index in [9.17, 15) is 19.2 Å². The Bertz CT molecular complexity index is 1350. The molecule has 0 bridgehead atoms. The molecule has 0 unspecified atom stereocenters. The molecule has 222 valence electrons. The van der Waals surface area contributed by atoms with E-state index in [-0.39, 0.29) is 23.3 Å². The van der Waals surface area contributed by atoms with Crippen molar-refractivity contribution in [2.45, 2.75) is 65.2 Å². The third-order valence-electron chi connectivity index (χ3n) is 6.20. The second kappa shape index (κ2) is 17.1. The maximum absolute atomic E-state index is 12.6. The first-order valence-electron chi connectivity index (χ1n) is 14.0. The van der Waals surface area contributed by atoms with Crippen LogP contribution in [0, 0.1) is 6.92 Å². The number of alkyl halides is 1. The second-order valence-corrected chi connectivity index (χ2v) is 10.5. The van der Waals surface area contributed by atoms with Crippen LogP contribution in [0.3, 0.4) is 0 Å². The zero-order valence-corrected chi connectivity index (χ0v) is 25.4. The van der Waals surface area contributed by atoms with Crippen molar-refractivity contribution in [1.82, 2.24) is 0 Å². The average molecular weight is 640 g/mol. The molecule has 0 fully saturated rings. The third kappa shape index (κ3) is 10.8. The first-order valence-corrected chi connectivity index (χ1v) is 15.1. The van der Waals surface area contributed by atoms with Crippen molar-refractivity contribution < 1.29 is 38.1 Å². The van der Waals surface area contributed by atoms with Gasteiger partial charge in [-0.25, -0.2) is 9.59 Å². The van der Waals surface area contributed by atoms with Gasteiger partial charge in [-0.1, -0.05) is 42.1 Å². The van der Waals surface area contributed by atoms with Crippen molar-refractivity contribution in [2.75, 3.05) is 5.33 Å².